The van der Waals surface area contributed by atoms with Crippen LogP contribution in [0.25, 0.3) is 0 Å². The summed E-state index contributed by atoms with van der Waals surface area (Å²) in [6, 6.07) is 4.22. The van der Waals surface area contributed by atoms with Gasteiger partial charge >= 0.3 is 23.2 Å². The second-order valence-electron chi connectivity index (χ2n) is 10.5. The van der Waals surface area contributed by atoms with E-state index in [0.717, 1.165) is 18.5 Å². The molecule has 13 heteroatoms. The number of hydrogen-bond acceptors (Lipinski definition) is 5. The van der Waals surface area contributed by atoms with E-state index in [0.29, 0.717) is 45.3 Å². The van der Waals surface area contributed by atoms with Gasteiger partial charge in [0.2, 0.25) is 16.1 Å². The van der Waals surface area contributed by atoms with Gasteiger partial charge in [0.15, 0.2) is 0 Å². The van der Waals surface area contributed by atoms with Crippen LogP contribution in [0.2, 0.25) is 0 Å². The average molecular weight is 616 g/mol. The van der Waals surface area contributed by atoms with E-state index >= 15 is 0 Å². The quantitative estimate of drug-likeness (QED) is 0.299. The minimum Gasteiger partial charge on any atom is -0.399 e. The third-order valence-corrected chi connectivity index (χ3v) is 9.62. The van der Waals surface area contributed by atoms with E-state index in [2.05, 4.69) is 13.8 Å². The first-order valence-corrected chi connectivity index (χ1v) is 14.4. The second kappa shape index (κ2) is 14.0. The molecule has 0 amide bonds. The molecule has 0 aromatic heterocycles. The molecule has 4 rings (SSSR count). The SMILES string of the molecule is CN(C)c1ccc(S(=O)(=O)N2CCC(C3CCN4C([CH-]C(C(F)(F)F)[N+]4=O)C3)CC2)cc1.[CH2-]CC([CH2-])CO.[Mn+3]. The number of hydrogen-bond donors (Lipinski definition) is 1. The van der Waals surface area contributed by atoms with Crippen molar-refractivity contribution in [1.82, 2.24) is 9.31 Å². The maximum atomic E-state index is 13.1. The van der Waals surface area contributed by atoms with E-state index in [1.807, 2.05) is 19.0 Å². The third-order valence-electron chi connectivity index (χ3n) is 7.71. The number of piperidine rings is 2. The molecule has 0 bridgehead atoms. The Hall–Kier alpha value is -1.40. The first kappa shape index (κ1) is 33.8. The standard InChI is InChI=1S/C21H29F3N4O3S.C5H10O.Mn/c1-25(2)17-3-5-19(6-4-17)32(30,31)26-10-7-15(8-11-26)16-9-12-27-18(13-16)14-20(28(27)29)21(22,23)24;1-3-5(2)4-6;/h3-6,14-16,18,20H,7-13H2,1-2H3;5-6H,1-4H2;/q;-2;+3. The molecule has 3 heterocycles. The number of benzene rings is 1. The summed E-state index contributed by atoms with van der Waals surface area (Å²) in [5.74, 6) is 0.570. The van der Waals surface area contributed by atoms with Crippen molar-refractivity contribution < 1.29 is 48.6 Å². The monoisotopic (exact) mass is 615 g/mol. The summed E-state index contributed by atoms with van der Waals surface area (Å²) < 4.78 is 66.8. The topological polar surface area (TPSA) is 84.2 Å². The fraction of sp³-hybridized carbons (Fsp3) is 0.654. The normalized spacial score (nSPS) is 25.3. The molecule has 0 spiro atoms. The van der Waals surface area contributed by atoms with Gasteiger partial charge in [-0.15, -0.1) is 0 Å². The molecule has 3 aliphatic heterocycles. The number of fused-ring (bicyclic) bond motifs is 1. The van der Waals surface area contributed by atoms with Crippen molar-refractivity contribution in [3.05, 3.63) is 49.4 Å². The first-order chi connectivity index (χ1) is 17.8. The molecule has 39 heavy (non-hydrogen) atoms. The summed E-state index contributed by atoms with van der Waals surface area (Å²) >= 11 is 0. The van der Waals surface area contributed by atoms with Gasteiger partial charge in [-0.25, -0.2) is 21.3 Å². The van der Waals surface area contributed by atoms with Crippen molar-refractivity contribution in [2.75, 3.05) is 45.2 Å². The number of hydrazine groups is 1. The van der Waals surface area contributed by atoms with E-state index < -0.39 is 28.3 Å². The van der Waals surface area contributed by atoms with E-state index in [1.54, 1.807) is 24.3 Å². The van der Waals surface area contributed by atoms with Crippen LogP contribution >= 0.6 is 0 Å². The number of anilines is 1. The van der Waals surface area contributed by atoms with Crippen LogP contribution in [0.3, 0.4) is 0 Å². The van der Waals surface area contributed by atoms with Gasteiger partial charge in [-0.1, -0.05) is 6.42 Å². The van der Waals surface area contributed by atoms with Crippen molar-refractivity contribution in [2.24, 2.45) is 17.8 Å². The minimum absolute atomic E-state index is 0. The van der Waals surface area contributed by atoms with E-state index in [9.17, 15) is 26.5 Å². The van der Waals surface area contributed by atoms with Crippen molar-refractivity contribution in [2.45, 2.75) is 55.3 Å². The maximum Gasteiger partial charge on any atom is 3.00 e. The van der Waals surface area contributed by atoms with Gasteiger partial charge in [0.05, 0.1) is 16.3 Å². The number of alkyl halides is 3. The summed E-state index contributed by atoms with van der Waals surface area (Å²) in [5, 5.41) is 9.52. The number of rotatable bonds is 6. The number of nitroso groups, excluding NO2 is 1. The van der Waals surface area contributed by atoms with Gasteiger partial charge in [0, 0.05) is 44.4 Å². The Balaban J connectivity index is 0.000000687. The Morgan fingerprint density at radius 3 is 2.15 bits per heavy atom. The number of halogens is 3. The predicted molar refractivity (Wildman–Crippen MR) is 139 cm³/mol. The largest absolute Gasteiger partial charge is 3.00 e. The van der Waals surface area contributed by atoms with Gasteiger partial charge < -0.3 is 23.9 Å². The van der Waals surface area contributed by atoms with Crippen LogP contribution < -0.4 is 4.90 Å². The molecule has 4 unspecified atom stereocenters. The third kappa shape index (κ3) is 8.09. The molecule has 3 aliphatic rings. The van der Waals surface area contributed by atoms with Crippen LogP contribution in [-0.2, 0) is 27.1 Å². The first-order valence-electron chi connectivity index (χ1n) is 12.9. The fourth-order valence-corrected chi connectivity index (χ4v) is 6.76. The zero-order valence-corrected chi connectivity index (χ0v) is 24.4. The minimum atomic E-state index is -4.57. The molecule has 1 N–H and O–H groups in total. The zero-order valence-electron chi connectivity index (χ0n) is 22.4. The van der Waals surface area contributed by atoms with Crippen molar-refractivity contribution in [1.29, 1.82) is 0 Å². The number of sulfonamides is 1. The van der Waals surface area contributed by atoms with Gasteiger partial charge in [0.25, 0.3) is 0 Å². The van der Waals surface area contributed by atoms with Crippen LogP contribution in [0.4, 0.5) is 18.9 Å². The van der Waals surface area contributed by atoms with Gasteiger partial charge in [-0.3, -0.25) is 0 Å². The maximum absolute atomic E-state index is 13.1. The van der Waals surface area contributed by atoms with Gasteiger partial charge in [0.1, 0.15) is 0 Å². The van der Waals surface area contributed by atoms with Crippen LogP contribution in [-0.4, -0.2) is 86.3 Å². The fourth-order valence-electron chi connectivity index (χ4n) is 5.29. The molecular formula is C26H39F3MnN4O4S+. The summed E-state index contributed by atoms with van der Waals surface area (Å²) in [4.78, 5) is 14.3. The Morgan fingerprint density at radius 2 is 1.69 bits per heavy atom. The van der Waals surface area contributed by atoms with E-state index in [4.69, 9.17) is 5.11 Å². The molecule has 0 saturated carbocycles. The molecule has 220 valence electrons. The Labute approximate surface area is 241 Å². The summed E-state index contributed by atoms with van der Waals surface area (Å²) in [7, 11) is 0.201. The molecule has 0 radical (unpaired) electrons. The van der Waals surface area contributed by atoms with Crippen molar-refractivity contribution in [3.63, 3.8) is 0 Å². The summed E-state index contributed by atoms with van der Waals surface area (Å²) in [6.07, 6.45) is -0.218. The number of aliphatic hydroxyl groups is 1. The molecule has 0 aliphatic carbocycles. The second-order valence-corrected chi connectivity index (χ2v) is 12.4. The van der Waals surface area contributed by atoms with Crippen molar-refractivity contribution >= 4 is 15.7 Å². The van der Waals surface area contributed by atoms with Crippen LogP contribution in [0.15, 0.2) is 29.2 Å². The molecule has 8 nitrogen and oxygen atoms in total. The molecule has 3 fully saturated rings. The average Bonchev–Trinajstić information content (AvgIpc) is 3.25. The van der Waals surface area contributed by atoms with E-state index in [-0.39, 0.29) is 51.2 Å². The van der Waals surface area contributed by atoms with Gasteiger partial charge in [-0.05, 0) is 61.4 Å². The molecule has 3 saturated heterocycles. The molecular weight excluding hydrogens is 576 g/mol. The Bertz CT molecular complexity index is 1030. The smallest absolute Gasteiger partial charge is 0.399 e. The van der Waals surface area contributed by atoms with Crippen LogP contribution in [0.5, 0.6) is 0 Å². The molecule has 1 aromatic rings. The Morgan fingerprint density at radius 1 is 1.13 bits per heavy atom. The van der Waals surface area contributed by atoms with Gasteiger partial charge in [-0.2, -0.15) is 28.4 Å². The van der Waals surface area contributed by atoms with E-state index in [1.165, 1.54) is 9.31 Å². The van der Waals surface area contributed by atoms with Crippen molar-refractivity contribution in [3.8, 4) is 0 Å². The Kier molecular flexibility index (Phi) is 12.1. The molecule has 1 aromatic carbocycles. The van der Waals surface area contributed by atoms with Crippen LogP contribution in [0, 0.1) is 42.9 Å². The molecule has 4 atom stereocenters. The predicted octanol–water partition coefficient (Wildman–Crippen LogP) is 3.73. The number of nitrogens with zero attached hydrogens (tertiary/aromatic N) is 4. The zero-order chi connectivity index (χ0) is 28.3. The summed E-state index contributed by atoms with van der Waals surface area (Å²) in [5.41, 5.74) is 0.919. The number of aliphatic hydroxyl groups excluding tert-OH is 1. The summed E-state index contributed by atoms with van der Waals surface area (Å²) in [6.45, 7) is 8.35. The van der Waals surface area contributed by atoms with Crippen LogP contribution in [0.1, 0.15) is 32.1 Å².